The van der Waals surface area contributed by atoms with Gasteiger partial charge in [0.15, 0.2) is 3.92 Å². The second-order valence-electron chi connectivity index (χ2n) is 5.76. The van der Waals surface area contributed by atoms with Gasteiger partial charge in [0.25, 0.3) is 0 Å². The van der Waals surface area contributed by atoms with E-state index in [1.54, 1.807) is 11.3 Å². The average molecular weight is 372 g/mol. The van der Waals surface area contributed by atoms with Crippen LogP contribution >= 0.6 is 27.3 Å². The summed E-state index contributed by atoms with van der Waals surface area (Å²) in [6.07, 6.45) is 0. The molecule has 0 fully saturated rings. The van der Waals surface area contributed by atoms with Gasteiger partial charge in [-0.1, -0.05) is 67.9 Å². The molecule has 0 saturated carbocycles. The Labute approximate surface area is 144 Å². The van der Waals surface area contributed by atoms with E-state index in [4.69, 9.17) is 4.98 Å². The van der Waals surface area contributed by atoms with E-state index in [1.165, 1.54) is 27.1 Å². The van der Waals surface area contributed by atoms with Crippen molar-refractivity contribution in [1.82, 2.24) is 4.98 Å². The van der Waals surface area contributed by atoms with Gasteiger partial charge in [0.2, 0.25) is 0 Å². The zero-order valence-electron chi connectivity index (χ0n) is 12.9. The summed E-state index contributed by atoms with van der Waals surface area (Å²) in [5.74, 6) is 0.474. The fourth-order valence-electron chi connectivity index (χ4n) is 2.67. The molecule has 0 unspecified atom stereocenters. The molecule has 0 amide bonds. The van der Waals surface area contributed by atoms with E-state index in [2.05, 4.69) is 85.2 Å². The van der Waals surface area contributed by atoms with Crippen molar-refractivity contribution in [2.24, 2.45) is 0 Å². The van der Waals surface area contributed by atoms with Crippen LogP contribution in [0.15, 0.2) is 52.4 Å². The van der Waals surface area contributed by atoms with Crippen molar-refractivity contribution in [1.29, 1.82) is 0 Å². The molecule has 0 saturated heterocycles. The minimum absolute atomic E-state index is 0.474. The summed E-state index contributed by atoms with van der Waals surface area (Å²) >= 11 is 5.26. The molecule has 0 atom stereocenters. The summed E-state index contributed by atoms with van der Waals surface area (Å²) in [6.45, 7) is 6.58. The summed E-state index contributed by atoms with van der Waals surface area (Å²) < 4.78 is 0.928. The van der Waals surface area contributed by atoms with E-state index in [0.29, 0.717) is 5.92 Å². The Morgan fingerprint density at radius 3 is 2.55 bits per heavy atom. The fraction of sp³-hybridized carbons (Fsp3) is 0.211. The Balaban J connectivity index is 2.21. The Morgan fingerprint density at radius 1 is 1.05 bits per heavy atom. The second-order valence-corrected chi connectivity index (χ2v) is 8.03. The molecule has 2 aromatic carbocycles. The minimum Gasteiger partial charge on any atom is -0.228 e. The third-order valence-electron chi connectivity index (χ3n) is 3.72. The van der Waals surface area contributed by atoms with Gasteiger partial charge in [0, 0.05) is 5.56 Å². The van der Waals surface area contributed by atoms with Crippen LogP contribution in [-0.4, -0.2) is 4.98 Å². The molecule has 1 heterocycles. The van der Waals surface area contributed by atoms with Gasteiger partial charge >= 0.3 is 0 Å². The normalized spacial score (nSPS) is 11.1. The Hall–Kier alpha value is -1.45. The van der Waals surface area contributed by atoms with E-state index in [9.17, 15) is 0 Å². The third kappa shape index (κ3) is 3.01. The second kappa shape index (κ2) is 6.35. The number of rotatable bonds is 3. The molecule has 0 N–H and O–H groups in total. The van der Waals surface area contributed by atoms with Gasteiger partial charge in [-0.2, -0.15) is 0 Å². The predicted octanol–water partition coefficient (Wildman–Crippen LogP) is 6.67. The largest absolute Gasteiger partial charge is 0.228 e. The Morgan fingerprint density at radius 2 is 1.82 bits per heavy atom. The van der Waals surface area contributed by atoms with Crippen molar-refractivity contribution < 1.29 is 0 Å². The first-order valence-electron chi connectivity index (χ1n) is 7.39. The van der Waals surface area contributed by atoms with Gasteiger partial charge in [0.05, 0.1) is 10.6 Å². The topological polar surface area (TPSA) is 12.9 Å². The van der Waals surface area contributed by atoms with Crippen molar-refractivity contribution in [2.75, 3.05) is 0 Å². The van der Waals surface area contributed by atoms with Crippen LogP contribution in [0.5, 0.6) is 0 Å². The molecule has 3 heteroatoms. The summed E-state index contributed by atoms with van der Waals surface area (Å²) in [6, 6.07) is 17.2. The Bertz CT molecular complexity index is 805. The number of nitrogens with zero attached hydrogens (tertiary/aromatic N) is 1. The van der Waals surface area contributed by atoms with Crippen LogP contribution in [0.2, 0.25) is 0 Å². The molecule has 112 valence electrons. The van der Waals surface area contributed by atoms with Crippen LogP contribution in [-0.2, 0) is 0 Å². The van der Waals surface area contributed by atoms with E-state index in [0.717, 1.165) is 9.61 Å². The molecule has 0 aliphatic heterocycles. The van der Waals surface area contributed by atoms with E-state index in [1.807, 2.05) is 0 Å². The molecular formula is C19H18BrNS. The van der Waals surface area contributed by atoms with Crippen LogP contribution in [0, 0.1) is 6.92 Å². The monoisotopic (exact) mass is 371 g/mol. The van der Waals surface area contributed by atoms with Gasteiger partial charge in [-0.25, -0.2) is 4.98 Å². The fourth-order valence-corrected chi connectivity index (χ4v) is 4.14. The van der Waals surface area contributed by atoms with Crippen LogP contribution in [0.25, 0.3) is 21.7 Å². The summed E-state index contributed by atoms with van der Waals surface area (Å²) in [5, 5.41) is 0. The lowest BCUT2D eigenvalue weighted by molar-refractivity contribution is 0.868. The Kier molecular flexibility index (Phi) is 4.46. The standard InChI is InChI=1S/C19H18BrNS/c1-12(2)15-9-4-5-10-16(15)17-18(22-19(20)21-17)14-8-6-7-13(3)11-14/h4-12H,1-3H3. The van der Waals surface area contributed by atoms with Crippen molar-refractivity contribution >= 4 is 27.3 Å². The van der Waals surface area contributed by atoms with Crippen LogP contribution in [0.1, 0.15) is 30.9 Å². The number of hydrogen-bond acceptors (Lipinski definition) is 2. The first-order valence-corrected chi connectivity index (χ1v) is 9.00. The molecule has 3 aromatic rings. The first-order chi connectivity index (χ1) is 10.6. The molecular weight excluding hydrogens is 354 g/mol. The molecule has 22 heavy (non-hydrogen) atoms. The highest BCUT2D eigenvalue weighted by Crippen LogP contribution is 2.41. The van der Waals surface area contributed by atoms with Crippen LogP contribution < -0.4 is 0 Å². The van der Waals surface area contributed by atoms with E-state index < -0.39 is 0 Å². The quantitative estimate of drug-likeness (QED) is 0.500. The highest BCUT2D eigenvalue weighted by Gasteiger charge is 2.17. The highest BCUT2D eigenvalue weighted by molar-refractivity contribution is 9.11. The lowest BCUT2D eigenvalue weighted by Crippen LogP contribution is -1.93. The van der Waals surface area contributed by atoms with Gasteiger partial charge in [0.1, 0.15) is 0 Å². The summed E-state index contributed by atoms with van der Waals surface area (Å²) in [4.78, 5) is 5.99. The zero-order chi connectivity index (χ0) is 15.7. The first kappa shape index (κ1) is 15.4. The lowest BCUT2D eigenvalue weighted by Gasteiger charge is -2.12. The lowest BCUT2D eigenvalue weighted by atomic mass is 9.94. The maximum absolute atomic E-state index is 4.77. The molecule has 0 spiro atoms. The summed E-state index contributed by atoms with van der Waals surface area (Å²) in [5.41, 5.74) is 6.15. The third-order valence-corrected chi connectivity index (χ3v) is 5.28. The van der Waals surface area contributed by atoms with Crippen LogP contribution in [0.3, 0.4) is 0 Å². The van der Waals surface area contributed by atoms with Crippen molar-refractivity contribution in [3.05, 3.63) is 63.6 Å². The molecule has 0 bridgehead atoms. The number of hydrogen-bond donors (Lipinski definition) is 0. The van der Waals surface area contributed by atoms with Crippen molar-refractivity contribution in [3.8, 4) is 21.7 Å². The van der Waals surface area contributed by atoms with Gasteiger partial charge in [-0.3, -0.25) is 0 Å². The van der Waals surface area contributed by atoms with Crippen molar-refractivity contribution in [2.45, 2.75) is 26.7 Å². The molecule has 0 aliphatic carbocycles. The molecule has 3 rings (SSSR count). The summed E-state index contributed by atoms with van der Waals surface area (Å²) in [7, 11) is 0. The minimum atomic E-state index is 0.474. The maximum Gasteiger partial charge on any atom is 0.160 e. The van der Waals surface area contributed by atoms with Crippen molar-refractivity contribution in [3.63, 3.8) is 0 Å². The number of benzene rings is 2. The number of thiazole rings is 1. The zero-order valence-corrected chi connectivity index (χ0v) is 15.3. The van der Waals surface area contributed by atoms with Gasteiger partial charge < -0.3 is 0 Å². The molecule has 1 aromatic heterocycles. The average Bonchev–Trinajstić information content (AvgIpc) is 2.89. The predicted molar refractivity (Wildman–Crippen MR) is 99.5 cm³/mol. The number of halogens is 1. The van der Waals surface area contributed by atoms with E-state index >= 15 is 0 Å². The number of aromatic nitrogens is 1. The highest BCUT2D eigenvalue weighted by atomic mass is 79.9. The maximum atomic E-state index is 4.77. The molecule has 1 nitrogen and oxygen atoms in total. The van der Waals surface area contributed by atoms with Gasteiger partial charge in [-0.05, 0) is 39.9 Å². The number of aryl methyl sites for hydroxylation is 1. The molecule has 0 radical (unpaired) electrons. The SMILES string of the molecule is Cc1cccc(-c2sc(Br)nc2-c2ccccc2C(C)C)c1. The van der Waals surface area contributed by atoms with E-state index in [-0.39, 0.29) is 0 Å². The smallest absolute Gasteiger partial charge is 0.160 e. The molecule has 0 aliphatic rings. The van der Waals surface area contributed by atoms with Crippen LogP contribution in [0.4, 0.5) is 0 Å². The van der Waals surface area contributed by atoms with Gasteiger partial charge in [-0.15, -0.1) is 11.3 Å².